The molecule has 0 saturated carbocycles. The second kappa shape index (κ2) is 8.24. The minimum atomic E-state index is -0.394. The lowest BCUT2D eigenvalue weighted by atomic mass is 10.2. The molecule has 5 nitrogen and oxygen atoms in total. The number of halogens is 1. The molecule has 0 bridgehead atoms. The van der Waals surface area contributed by atoms with Crippen molar-refractivity contribution in [1.29, 1.82) is 0 Å². The number of benzene rings is 1. The van der Waals surface area contributed by atoms with Gasteiger partial charge in [-0.15, -0.1) is 11.3 Å². The van der Waals surface area contributed by atoms with Gasteiger partial charge in [0, 0.05) is 5.69 Å². The van der Waals surface area contributed by atoms with E-state index in [0.717, 1.165) is 15.2 Å². The SMILES string of the molecule is COC(=O)c1ccc(NC(=O)C[NH+](C)Cc2ccc(Br)s2)cc1. The van der Waals surface area contributed by atoms with Crippen LogP contribution in [0.1, 0.15) is 15.2 Å². The zero-order chi connectivity index (χ0) is 16.8. The Hall–Kier alpha value is -1.70. The molecule has 0 aliphatic rings. The van der Waals surface area contributed by atoms with Gasteiger partial charge in [-0.1, -0.05) is 0 Å². The summed E-state index contributed by atoms with van der Waals surface area (Å²) < 4.78 is 5.73. The molecule has 1 aromatic carbocycles. The van der Waals surface area contributed by atoms with E-state index >= 15 is 0 Å². The number of anilines is 1. The molecular weight excluding hydrogens is 380 g/mol. The minimum absolute atomic E-state index is 0.0658. The van der Waals surface area contributed by atoms with E-state index < -0.39 is 5.97 Å². The van der Waals surface area contributed by atoms with Crippen LogP contribution in [0, 0.1) is 0 Å². The van der Waals surface area contributed by atoms with E-state index in [-0.39, 0.29) is 5.91 Å². The van der Waals surface area contributed by atoms with E-state index in [4.69, 9.17) is 0 Å². The Balaban J connectivity index is 1.85. The number of hydrogen-bond donors (Lipinski definition) is 2. The third-order valence-electron chi connectivity index (χ3n) is 3.16. The predicted octanol–water partition coefficient (Wildman–Crippen LogP) is 1.95. The molecule has 2 rings (SSSR count). The average molecular weight is 398 g/mol. The normalized spacial score (nSPS) is 11.8. The van der Waals surface area contributed by atoms with Crippen molar-refractivity contribution in [2.24, 2.45) is 0 Å². The molecule has 0 aliphatic heterocycles. The largest absolute Gasteiger partial charge is 0.465 e. The standard InChI is InChI=1S/C16H17BrN2O3S/c1-19(9-13-7-8-14(17)23-13)10-15(20)18-12-5-3-11(4-6-12)16(21)22-2/h3-8H,9-10H2,1-2H3,(H,18,20)/p+1. The number of likely N-dealkylation sites (N-methyl/N-ethyl adjacent to an activating group) is 1. The zero-order valence-corrected chi connectivity index (χ0v) is 15.3. The number of carbonyl (C=O) groups excluding carboxylic acids is 2. The summed E-state index contributed by atoms with van der Waals surface area (Å²) in [6, 6.07) is 10.7. The zero-order valence-electron chi connectivity index (χ0n) is 12.9. The Kier molecular flexibility index (Phi) is 6.32. The maximum absolute atomic E-state index is 12.1. The van der Waals surface area contributed by atoms with Crippen molar-refractivity contribution < 1.29 is 19.2 Å². The van der Waals surface area contributed by atoms with Gasteiger partial charge in [-0.2, -0.15) is 0 Å². The maximum Gasteiger partial charge on any atom is 0.337 e. The van der Waals surface area contributed by atoms with Gasteiger partial charge in [-0.25, -0.2) is 4.79 Å². The highest BCUT2D eigenvalue weighted by Gasteiger charge is 2.12. The van der Waals surface area contributed by atoms with Crippen LogP contribution in [0.25, 0.3) is 0 Å². The van der Waals surface area contributed by atoms with E-state index in [2.05, 4.69) is 32.0 Å². The Bertz CT molecular complexity index is 685. The van der Waals surface area contributed by atoms with Crippen LogP contribution in [0.4, 0.5) is 5.69 Å². The van der Waals surface area contributed by atoms with Crippen molar-refractivity contribution in [3.05, 3.63) is 50.6 Å². The first-order valence-electron chi connectivity index (χ1n) is 7.01. The first-order chi connectivity index (χ1) is 11.0. The summed E-state index contributed by atoms with van der Waals surface area (Å²) in [5, 5.41) is 2.83. The quantitative estimate of drug-likeness (QED) is 0.732. The summed E-state index contributed by atoms with van der Waals surface area (Å²) in [7, 11) is 3.32. The molecule has 2 N–H and O–H groups in total. The number of methoxy groups -OCH3 is 1. The molecule has 0 fully saturated rings. The van der Waals surface area contributed by atoms with Crippen molar-refractivity contribution in [2.75, 3.05) is 26.0 Å². The van der Waals surface area contributed by atoms with E-state index in [9.17, 15) is 9.59 Å². The van der Waals surface area contributed by atoms with Gasteiger partial charge in [-0.3, -0.25) is 4.79 Å². The number of hydrogen-bond acceptors (Lipinski definition) is 4. The second-order valence-corrected chi connectivity index (χ2v) is 7.68. The molecule has 0 spiro atoms. The van der Waals surface area contributed by atoms with Gasteiger partial charge in [0.05, 0.1) is 28.4 Å². The van der Waals surface area contributed by atoms with Gasteiger partial charge in [0.15, 0.2) is 6.54 Å². The first-order valence-corrected chi connectivity index (χ1v) is 8.62. The molecular formula is C16H18BrN2O3S+. The highest BCUT2D eigenvalue weighted by molar-refractivity contribution is 9.11. The Morgan fingerprint density at radius 1 is 1.22 bits per heavy atom. The number of nitrogens with one attached hydrogen (secondary N) is 2. The summed E-state index contributed by atoms with van der Waals surface area (Å²) >= 11 is 5.11. The molecule has 23 heavy (non-hydrogen) atoms. The van der Waals surface area contributed by atoms with Gasteiger partial charge < -0.3 is 15.0 Å². The van der Waals surface area contributed by atoms with Crippen LogP contribution in [0.2, 0.25) is 0 Å². The van der Waals surface area contributed by atoms with Gasteiger partial charge >= 0.3 is 5.97 Å². The molecule has 2 aromatic rings. The summed E-state index contributed by atoms with van der Waals surface area (Å²) in [6.07, 6.45) is 0. The maximum atomic E-state index is 12.1. The van der Waals surface area contributed by atoms with Gasteiger partial charge in [-0.05, 0) is 52.3 Å². The summed E-state index contributed by atoms with van der Waals surface area (Å²) in [4.78, 5) is 25.7. The lowest BCUT2D eigenvalue weighted by Gasteiger charge is -2.13. The molecule has 0 saturated heterocycles. The van der Waals surface area contributed by atoms with Crippen molar-refractivity contribution in [1.82, 2.24) is 0 Å². The number of amides is 1. The lowest BCUT2D eigenvalue weighted by Crippen LogP contribution is -3.08. The third kappa shape index (κ3) is 5.46. The third-order valence-corrected chi connectivity index (χ3v) is 4.78. The van der Waals surface area contributed by atoms with Crippen molar-refractivity contribution >= 4 is 44.8 Å². The molecule has 122 valence electrons. The molecule has 7 heteroatoms. The molecule has 1 heterocycles. The van der Waals surface area contributed by atoms with E-state index in [1.165, 1.54) is 12.0 Å². The second-order valence-electron chi connectivity index (χ2n) is 5.13. The van der Waals surface area contributed by atoms with Crippen LogP contribution in [0.5, 0.6) is 0 Å². The molecule has 1 atom stereocenters. The predicted molar refractivity (Wildman–Crippen MR) is 93.9 cm³/mol. The highest BCUT2D eigenvalue weighted by Crippen LogP contribution is 2.21. The van der Waals surface area contributed by atoms with E-state index in [0.29, 0.717) is 17.8 Å². The highest BCUT2D eigenvalue weighted by atomic mass is 79.9. The van der Waals surface area contributed by atoms with Crippen molar-refractivity contribution in [3.63, 3.8) is 0 Å². The summed E-state index contributed by atoms with van der Waals surface area (Å²) in [6.45, 7) is 1.17. The number of quaternary nitrogens is 1. The topological polar surface area (TPSA) is 59.8 Å². The van der Waals surface area contributed by atoms with Gasteiger partial charge in [0.25, 0.3) is 5.91 Å². The van der Waals surface area contributed by atoms with Crippen LogP contribution < -0.4 is 10.2 Å². The summed E-state index contributed by atoms with van der Waals surface area (Å²) in [5.41, 5.74) is 1.12. The monoisotopic (exact) mass is 397 g/mol. The van der Waals surface area contributed by atoms with Gasteiger partial charge in [0.1, 0.15) is 6.54 Å². The number of esters is 1. The number of thiophene rings is 1. The first kappa shape index (κ1) is 17.7. The van der Waals surface area contributed by atoms with Gasteiger partial charge in [0.2, 0.25) is 0 Å². The number of rotatable bonds is 6. The fourth-order valence-electron chi connectivity index (χ4n) is 2.09. The Labute approximate surface area is 147 Å². The van der Waals surface area contributed by atoms with Crippen molar-refractivity contribution in [2.45, 2.75) is 6.54 Å². The Morgan fingerprint density at radius 3 is 2.48 bits per heavy atom. The van der Waals surface area contributed by atoms with Crippen LogP contribution >= 0.6 is 27.3 Å². The van der Waals surface area contributed by atoms with Crippen molar-refractivity contribution in [3.8, 4) is 0 Å². The molecule has 1 amide bonds. The minimum Gasteiger partial charge on any atom is -0.465 e. The van der Waals surface area contributed by atoms with E-state index in [1.54, 1.807) is 35.6 Å². The fraction of sp³-hybridized carbons (Fsp3) is 0.250. The van der Waals surface area contributed by atoms with Crippen LogP contribution in [-0.2, 0) is 16.1 Å². The molecule has 0 aliphatic carbocycles. The molecule has 1 aromatic heterocycles. The number of ether oxygens (including phenoxy) is 1. The average Bonchev–Trinajstić information content (AvgIpc) is 2.91. The number of carbonyl (C=O) groups is 2. The Morgan fingerprint density at radius 2 is 1.91 bits per heavy atom. The lowest BCUT2D eigenvalue weighted by molar-refractivity contribution is -0.884. The smallest absolute Gasteiger partial charge is 0.337 e. The molecule has 0 radical (unpaired) electrons. The van der Waals surface area contributed by atoms with Crippen LogP contribution in [0.15, 0.2) is 40.2 Å². The van der Waals surface area contributed by atoms with E-state index in [1.807, 2.05) is 13.1 Å². The summed E-state index contributed by atoms with van der Waals surface area (Å²) in [5.74, 6) is -0.460. The fourth-order valence-corrected chi connectivity index (χ4v) is 3.69. The molecule has 1 unspecified atom stereocenters. The van der Waals surface area contributed by atoms with Crippen LogP contribution in [-0.4, -0.2) is 32.6 Å². The van der Waals surface area contributed by atoms with Crippen LogP contribution in [0.3, 0.4) is 0 Å².